The van der Waals surface area contributed by atoms with Crippen LogP contribution in [0.3, 0.4) is 0 Å². The van der Waals surface area contributed by atoms with E-state index >= 15 is 0 Å². The fraction of sp³-hybridized carbons (Fsp3) is 0.480. The number of aryl methyl sites for hydroxylation is 1. The van der Waals surface area contributed by atoms with Crippen molar-refractivity contribution >= 4 is 16.6 Å². The Kier molecular flexibility index (Phi) is 6.02. The number of halogens is 1. The number of ether oxygens (including phenoxy) is 1. The highest BCUT2D eigenvalue weighted by Gasteiger charge is 2.30. The maximum absolute atomic E-state index is 14.6. The van der Waals surface area contributed by atoms with Gasteiger partial charge in [0.05, 0.1) is 19.4 Å². The van der Waals surface area contributed by atoms with Crippen LogP contribution in [0.25, 0.3) is 22.1 Å². The molecular formula is C25H28FN3O3. The van der Waals surface area contributed by atoms with E-state index in [0.29, 0.717) is 39.7 Å². The highest BCUT2D eigenvalue weighted by atomic mass is 19.1. The molecule has 0 spiro atoms. The van der Waals surface area contributed by atoms with E-state index in [2.05, 4.69) is 14.9 Å². The third-order valence-corrected chi connectivity index (χ3v) is 6.82. The number of ketones is 1. The Morgan fingerprint density at radius 3 is 2.59 bits per heavy atom. The Balaban J connectivity index is 1.27. The number of hydrogen-bond donors (Lipinski definition) is 0. The molecule has 1 aliphatic heterocycles. The molecule has 3 aromatic rings. The molecule has 168 valence electrons. The summed E-state index contributed by atoms with van der Waals surface area (Å²) in [7, 11) is 0. The molecule has 0 amide bonds. The fourth-order valence-corrected chi connectivity index (χ4v) is 5.02. The topological polar surface area (TPSA) is 68.5 Å². The van der Waals surface area contributed by atoms with Crippen LogP contribution in [0, 0.1) is 18.7 Å². The van der Waals surface area contributed by atoms with Crippen molar-refractivity contribution in [3.8, 4) is 11.3 Å². The van der Waals surface area contributed by atoms with Crippen LogP contribution in [0.1, 0.15) is 37.3 Å². The second kappa shape index (κ2) is 9.08. The fourth-order valence-electron chi connectivity index (χ4n) is 5.02. The summed E-state index contributed by atoms with van der Waals surface area (Å²) < 4.78 is 25.6. The first-order chi connectivity index (χ1) is 15.6. The molecule has 2 fully saturated rings. The van der Waals surface area contributed by atoms with E-state index < -0.39 is 0 Å². The summed E-state index contributed by atoms with van der Waals surface area (Å²) in [5.41, 5.74) is 1.31. The summed E-state index contributed by atoms with van der Waals surface area (Å²) in [6, 6.07) is 5.69. The largest absolute Gasteiger partial charge is 0.441 e. The minimum Gasteiger partial charge on any atom is -0.441 e. The van der Waals surface area contributed by atoms with Crippen LogP contribution in [-0.4, -0.2) is 53.0 Å². The monoisotopic (exact) mass is 437 g/mol. The number of aromatic nitrogens is 2. The Morgan fingerprint density at radius 2 is 1.88 bits per heavy atom. The number of nitrogens with zero attached hydrogens (tertiary/aromatic N) is 3. The molecule has 32 heavy (non-hydrogen) atoms. The van der Waals surface area contributed by atoms with E-state index in [4.69, 9.17) is 9.15 Å². The third kappa shape index (κ3) is 4.45. The molecular weight excluding hydrogens is 409 g/mol. The zero-order valence-electron chi connectivity index (χ0n) is 18.3. The Morgan fingerprint density at radius 1 is 1.09 bits per heavy atom. The highest BCUT2D eigenvalue weighted by Crippen LogP contribution is 2.31. The SMILES string of the molecule is Cc1ncc(-c2cc(F)c3cnc(CC(=O)C4CCC(N5CCOCC5)CC4)cc3c2)o1. The Labute approximate surface area is 186 Å². The molecule has 1 aliphatic carbocycles. The van der Waals surface area contributed by atoms with E-state index in [1.807, 2.05) is 12.1 Å². The number of morpholine rings is 1. The van der Waals surface area contributed by atoms with E-state index in [-0.39, 0.29) is 23.9 Å². The predicted octanol–water partition coefficient (Wildman–Crippen LogP) is 4.34. The van der Waals surface area contributed by atoms with Gasteiger partial charge in [-0.05, 0) is 49.3 Å². The van der Waals surface area contributed by atoms with Gasteiger partial charge in [-0.2, -0.15) is 0 Å². The number of benzene rings is 1. The molecule has 5 rings (SSSR count). The van der Waals surface area contributed by atoms with Gasteiger partial charge in [-0.15, -0.1) is 0 Å². The number of carbonyl (C=O) groups excluding carboxylic acids is 1. The first-order valence-corrected chi connectivity index (χ1v) is 11.4. The van der Waals surface area contributed by atoms with Crippen LogP contribution < -0.4 is 0 Å². The smallest absolute Gasteiger partial charge is 0.191 e. The van der Waals surface area contributed by atoms with Gasteiger partial charge < -0.3 is 9.15 Å². The van der Waals surface area contributed by atoms with Gasteiger partial charge in [0, 0.05) is 61.2 Å². The number of carbonyl (C=O) groups is 1. The number of hydrogen-bond acceptors (Lipinski definition) is 6. The lowest BCUT2D eigenvalue weighted by Gasteiger charge is -2.38. The number of fused-ring (bicyclic) bond motifs is 1. The van der Waals surface area contributed by atoms with Gasteiger partial charge in [0.15, 0.2) is 11.7 Å². The lowest BCUT2D eigenvalue weighted by molar-refractivity contribution is -0.123. The summed E-state index contributed by atoms with van der Waals surface area (Å²) in [6.07, 6.45) is 7.39. The van der Waals surface area contributed by atoms with Crippen molar-refractivity contribution < 1.29 is 18.3 Å². The molecule has 2 aliphatic rings. The van der Waals surface area contributed by atoms with Crippen molar-refractivity contribution in [3.05, 3.63) is 48.0 Å². The molecule has 1 aromatic carbocycles. The van der Waals surface area contributed by atoms with Crippen molar-refractivity contribution in [2.45, 2.75) is 45.1 Å². The van der Waals surface area contributed by atoms with Gasteiger partial charge in [-0.25, -0.2) is 9.37 Å². The zero-order valence-corrected chi connectivity index (χ0v) is 18.3. The second-order valence-corrected chi connectivity index (χ2v) is 8.90. The van der Waals surface area contributed by atoms with Crippen LogP contribution in [0.15, 0.2) is 35.0 Å². The van der Waals surface area contributed by atoms with E-state index in [0.717, 1.165) is 52.0 Å². The zero-order chi connectivity index (χ0) is 22.1. The Bertz CT molecular complexity index is 1110. The molecule has 0 N–H and O–H groups in total. The third-order valence-electron chi connectivity index (χ3n) is 6.82. The average Bonchev–Trinajstić information content (AvgIpc) is 3.26. The standard InChI is InChI=1S/C25H28FN3O3/c1-16-27-15-25(32-16)19-10-18-11-20(28-14-22(18)23(26)12-19)13-24(30)17-2-4-21(5-3-17)29-6-8-31-9-7-29/h10-12,14-15,17,21H,2-9,13H2,1H3. The molecule has 1 saturated heterocycles. The van der Waals surface area contributed by atoms with E-state index in [1.165, 1.54) is 12.3 Å². The second-order valence-electron chi connectivity index (χ2n) is 8.90. The minimum atomic E-state index is -0.363. The molecule has 0 radical (unpaired) electrons. The summed E-state index contributed by atoms with van der Waals surface area (Å²) in [5, 5.41) is 1.15. The summed E-state index contributed by atoms with van der Waals surface area (Å²) in [5.74, 6) is 1.02. The summed E-state index contributed by atoms with van der Waals surface area (Å²) >= 11 is 0. The number of Topliss-reactive ketones (excluding diaryl/α,β-unsaturated/α-hetero) is 1. The first kappa shape index (κ1) is 21.2. The maximum atomic E-state index is 14.6. The van der Waals surface area contributed by atoms with E-state index in [1.54, 1.807) is 13.1 Å². The van der Waals surface area contributed by atoms with Gasteiger partial charge in [0.1, 0.15) is 11.6 Å². The summed E-state index contributed by atoms with van der Waals surface area (Å²) in [4.78, 5) is 24.0. The van der Waals surface area contributed by atoms with Crippen molar-refractivity contribution in [1.82, 2.24) is 14.9 Å². The normalized spacial score (nSPS) is 22.3. The minimum absolute atomic E-state index is 0.0880. The first-order valence-electron chi connectivity index (χ1n) is 11.4. The van der Waals surface area contributed by atoms with Crippen molar-refractivity contribution in [3.63, 3.8) is 0 Å². The van der Waals surface area contributed by atoms with Crippen LogP contribution >= 0.6 is 0 Å². The van der Waals surface area contributed by atoms with Gasteiger partial charge in [-0.1, -0.05) is 0 Å². The van der Waals surface area contributed by atoms with Crippen molar-refractivity contribution in [1.29, 1.82) is 0 Å². The lowest BCUT2D eigenvalue weighted by Crippen LogP contribution is -2.45. The van der Waals surface area contributed by atoms with E-state index in [9.17, 15) is 9.18 Å². The molecule has 3 heterocycles. The lowest BCUT2D eigenvalue weighted by atomic mass is 9.81. The van der Waals surface area contributed by atoms with Crippen molar-refractivity contribution in [2.24, 2.45) is 5.92 Å². The molecule has 0 unspecified atom stereocenters. The molecule has 0 atom stereocenters. The van der Waals surface area contributed by atoms with Gasteiger partial charge in [0.25, 0.3) is 0 Å². The number of oxazole rings is 1. The van der Waals surface area contributed by atoms with Crippen LogP contribution in [0.4, 0.5) is 4.39 Å². The predicted molar refractivity (Wildman–Crippen MR) is 119 cm³/mol. The van der Waals surface area contributed by atoms with Gasteiger partial charge >= 0.3 is 0 Å². The quantitative estimate of drug-likeness (QED) is 0.592. The molecule has 0 bridgehead atoms. The van der Waals surface area contributed by atoms with Gasteiger partial charge in [-0.3, -0.25) is 14.7 Å². The maximum Gasteiger partial charge on any atom is 0.191 e. The van der Waals surface area contributed by atoms with Gasteiger partial charge in [0.2, 0.25) is 0 Å². The Hall–Kier alpha value is -2.64. The highest BCUT2D eigenvalue weighted by molar-refractivity contribution is 5.88. The molecule has 2 aromatic heterocycles. The van der Waals surface area contributed by atoms with Crippen LogP contribution in [0.5, 0.6) is 0 Å². The molecule has 6 nitrogen and oxygen atoms in total. The molecule has 1 saturated carbocycles. The van der Waals surface area contributed by atoms with Crippen LogP contribution in [0.2, 0.25) is 0 Å². The average molecular weight is 438 g/mol. The number of rotatable bonds is 5. The number of pyridine rings is 1. The van der Waals surface area contributed by atoms with Crippen LogP contribution in [-0.2, 0) is 16.0 Å². The molecule has 7 heteroatoms. The van der Waals surface area contributed by atoms with Crippen molar-refractivity contribution in [2.75, 3.05) is 26.3 Å². The summed E-state index contributed by atoms with van der Waals surface area (Å²) in [6.45, 7) is 5.37.